The van der Waals surface area contributed by atoms with Gasteiger partial charge in [-0.05, 0) is 36.8 Å². The molecule has 2 aromatic carbocycles. The molecule has 0 atom stereocenters. The molecule has 0 fully saturated rings. The van der Waals surface area contributed by atoms with E-state index in [4.69, 9.17) is 20.9 Å². The molecule has 0 aliphatic carbocycles. The zero-order valence-corrected chi connectivity index (χ0v) is 15.6. The number of aryl methyl sites for hydroxylation is 1. The smallest absolute Gasteiger partial charge is 0.260 e. The molecule has 6 nitrogen and oxygen atoms in total. The molecule has 8 heteroatoms. The van der Waals surface area contributed by atoms with E-state index in [-0.39, 0.29) is 22.8 Å². The van der Waals surface area contributed by atoms with Gasteiger partial charge in [0, 0.05) is 17.2 Å². The number of rotatable bonds is 3. The number of amides is 1. The lowest BCUT2D eigenvalue weighted by Gasteiger charge is -2.10. The van der Waals surface area contributed by atoms with Crippen LogP contribution in [0, 0.1) is 12.7 Å². The summed E-state index contributed by atoms with van der Waals surface area (Å²) in [6.45, 7) is 1.70. The van der Waals surface area contributed by atoms with E-state index in [0.29, 0.717) is 33.1 Å². The quantitative estimate of drug-likeness (QED) is 0.486. The molecule has 2 N–H and O–H groups in total. The number of nitrogens with one attached hydrogen (secondary N) is 1. The van der Waals surface area contributed by atoms with Gasteiger partial charge in [-0.25, -0.2) is 4.39 Å². The number of carbonyl (C=O) groups is 1. The molecule has 0 saturated heterocycles. The van der Waals surface area contributed by atoms with Gasteiger partial charge in [-0.3, -0.25) is 4.79 Å². The van der Waals surface area contributed by atoms with E-state index in [1.165, 1.54) is 25.3 Å². The number of benzene rings is 2. The van der Waals surface area contributed by atoms with E-state index in [1.54, 1.807) is 25.1 Å². The summed E-state index contributed by atoms with van der Waals surface area (Å²) in [7, 11) is 1.38. The van der Waals surface area contributed by atoms with E-state index >= 15 is 0 Å². The first kappa shape index (κ1) is 18.1. The predicted molar refractivity (Wildman–Crippen MR) is 103 cm³/mol. The second kappa shape index (κ2) is 6.69. The molecule has 1 amide bonds. The lowest BCUT2D eigenvalue weighted by Crippen LogP contribution is -2.05. The fraction of sp³-hybridized carbons (Fsp3) is 0.100. The number of carbonyl (C=O) groups excluding carboxylic acids is 1. The van der Waals surface area contributed by atoms with Gasteiger partial charge < -0.3 is 19.7 Å². The van der Waals surface area contributed by atoms with Crippen LogP contribution in [0.25, 0.3) is 22.5 Å². The van der Waals surface area contributed by atoms with Gasteiger partial charge in [0.05, 0.1) is 29.1 Å². The van der Waals surface area contributed by atoms with E-state index in [0.717, 1.165) is 0 Å². The molecule has 1 aliphatic rings. The lowest BCUT2D eigenvalue weighted by molar-refractivity contribution is -0.110. The Balaban J connectivity index is 1.88. The monoisotopic (exact) mass is 400 g/mol. The summed E-state index contributed by atoms with van der Waals surface area (Å²) in [6.07, 6.45) is 0. The van der Waals surface area contributed by atoms with Crippen molar-refractivity contribution in [3.8, 4) is 16.9 Å². The Labute approximate surface area is 164 Å². The Morgan fingerprint density at radius 1 is 1.25 bits per heavy atom. The number of aromatic nitrogens is 1. The highest BCUT2D eigenvalue weighted by atomic mass is 35.5. The number of hydrogen-bond donors (Lipinski definition) is 2. The molecule has 142 valence electrons. The first-order chi connectivity index (χ1) is 13.4. The lowest BCUT2D eigenvalue weighted by atomic mass is 9.98. The Kier molecular flexibility index (Phi) is 4.31. The summed E-state index contributed by atoms with van der Waals surface area (Å²) in [6, 6.07) is 9.12. The van der Waals surface area contributed by atoms with Crippen LogP contribution >= 0.6 is 11.6 Å². The molecule has 0 spiro atoms. The molecular weight excluding hydrogens is 387 g/mol. The Hall–Kier alpha value is -3.32. The van der Waals surface area contributed by atoms with E-state index in [9.17, 15) is 14.3 Å². The van der Waals surface area contributed by atoms with Gasteiger partial charge in [-0.15, -0.1) is 0 Å². The Morgan fingerprint density at radius 3 is 2.68 bits per heavy atom. The minimum absolute atomic E-state index is 0.0260. The summed E-state index contributed by atoms with van der Waals surface area (Å²) < 4.78 is 24.1. The van der Waals surface area contributed by atoms with E-state index in [2.05, 4.69) is 10.5 Å². The van der Waals surface area contributed by atoms with E-state index < -0.39 is 11.7 Å². The molecule has 1 aromatic heterocycles. The van der Waals surface area contributed by atoms with Crippen molar-refractivity contribution in [1.29, 1.82) is 0 Å². The standard InChI is InChI=1S/C20H14ClFN2O4/c1-9-5-17(28-24-9)19(25)18-12-7-11(13(21)8-15(12)23-20(18)26)10-3-4-16(27-2)14(22)6-10/h3-8,25H,1-2H3,(H,23,26)/b19-18+. The maximum Gasteiger partial charge on any atom is 0.260 e. The molecule has 1 aliphatic heterocycles. The summed E-state index contributed by atoms with van der Waals surface area (Å²) in [5.41, 5.74) is 2.44. The van der Waals surface area contributed by atoms with Crippen LogP contribution < -0.4 is 10.1 Å². The topological polar surface area (TPSA) is 84.6 Å². The highest BCUT2D eigenvalue weighted by molar-refractivity contribution is 6.38. The molecule has 3 aromatic rings. The molecule has 4 rings (SSSR count). The fourth-order valence-electron chi connectivity index (χ4n) is 3.08. The maximum atomic E-state index is 14.1. The first-order valence-electron chi connectivity index (χ1n) is 8.25. The van der Waals surface area contributed by atoms with Crippen molar-refractivity contribution in [2.45, 2.75) is 6.92 Å². The van der Waals surface area contributed by atoms with Gasteiger partial charge >= 0.3 is 0 Å². The third-order valence-electron chi connectivity index (χ3n) is 4.41. The van der Waals surface area contributed by atoms with Crippen LogP contribution in [0.3, 0.4) is 0 Å². The van der Waals surface area contributed by atoms with Crippen LogP contribution in [-0.2, 0) is 4.79 Å². The highest BCUT2D eigenvalue weighted by Gasteiger charge is 2.31. The van der Waals surface area contributed by atoms with Crippen LogP contribution in [0.1, 0.15) is 17.0 Å². The molecule has 0 unspecified atom stereocenters. The number of halogens is 2. The average Bonchev–Trinajstić information content (AvgIpc) is 3.22. The third kappa shape index (κ3) is 2.90. The summed E-state index contributed by atoms with van der Waals surface area (Å²) >= 11 is 6.35. The highest BCUT2D eigenvalue weighted by Crippen LogP contribution is 2.42. The largest absolute Gasteiger partial charge is 0.504 e. The van der Waals surface area contributed by atoms with Crippen molar-refractivity contribution in [1.82, 2.24) is 5.16 Å². The van der Waals surface area contributed by atoms with Crippen molar-refractivity contribution in [2.24, 2.45) is 0 Å². The van der Waals surface area contributed by atoms with Gasteiger partial charge in [0.1, 0.15) is 0 Å². The van der Waals surface area contributed by atoms with Crippen molar-refractivity contribution in [3.05, 3.63) is 64.3 Å². The van der Waals surface area contributed by atoms with Crippen LogP contribution in [0.2, 0.25) is 5.02 Å². The van der Waals surface area contributed by atoms with Crippen molar-refractivity contribution < 1.29 is 23.6 Å². The van der Waals surface area contributed by atoms with Crippen molar-refractivity contribution >= 4 is 34.5 Å². The number of ether oxygens (including phenoxy) is 1. The zero-order valence-electron chi connectivity index (χ0n) is 14.8. The van der Waals surface area contributed by atoms with Crippen LogP contribution in [0.5, 0.6) is 5.75 Å². The third-order valence-corrected chi connectivity index (χ3v) is 4.73. The number of aliphatic hydroxyl groups is 1. The molecule has 0 bridgehead atoms. The minimum atomic E-state index is -0.540. The molecular formula is C20H14ClFN2O4. The van der Waals surface area contributed by atoms with Crippen molar-refractivity contribution in [2.75, 3.05) is 12.4 Å². The summed E-state index contributed by atoms with van der Waals surface area (Å²) in [4.78, 5) is 12.4. The summed E-state index contributed by atoms with van der Waals surface area (Å²) in [5, 5.41) is 17.3. The molecule has 0 saturated carbocycles. The molecule has 2 heterocycles. The summed E-state index contributed by atoms with van der Waals surface area (Å²) in [5.74, 6) is -1.21. The average molecular weight is 401 g/mol. The number of fused-ring (bicyclic) bond motifs is 1. The molecule has 28 heavy (non-hydrogen) atoms. The number of hydrogen-bond acceptors (Lipinski definition) is 5. The van der Waals surface area contributed by atoms with Gasteiger partial charge in [0.25, 0.3) is 5.91 Å². The number of aliphatic hydroxyl groups excluding tert-OH is 1. The van der Waals surface area contributed by atoms with E-state index in [1.807, 2.05) is 0 Å². The zero-order chi connectivity index (χ0) is 20.0. The molecule has 0 radical (unpaired) electrons. The number of nitrogens with zero attached hydrogens (tertiary/aromatic N) is 1. The second-order valence-corrected chi connectivity index (χ2v) is 6.64. The fourth-order valence-corrected chi connectivity index (χ4v) is 3.35. The predicted octanol–water partition coefficient (Wildman–Crippen LogP) is 4.83. The maximum absolute atomic E-state index is 14.1. The number of methoxy groups -OCH3 is 1. The van der Waals surface area contributed by atoms with Crippen LogP contribution in [0.4, 0.5) is 10.1 Å². The van der Waals surface area contributed by atoms with Crippen LogP contribution in [-0.4, -0.2) is 23.3 Å². The SMILES string of the molecule is COc1ccc(-c2cc3c(cc2Cl)NC(=O)/C3=C(/O)c2cc(C)no2)cc1F. The van der Waals surface area contributed by atoms with Gasteiger partial charge in [-0.1, -0.05) is 22.8 Å². The van der Waals surface area contributed by atoms with Gasteiger partial charge in [-0.2, -0.15) is 0 Å². The first-order valence-corrected chi connectivity index (χ1v) is 8.63. The van der Waals surface area contributed by atoms with Crippen LogP contribution in [0.15, 0.2) is 40.9 Å². The minimum Gasteiger partial charge on any atom is -0.504 e. The van der Waals surface area contributed by atoms with Crippen molar-refractivity contribution in [3.63, 3.8) is 0 Å². The van der Waals surface area contributed by atoms with Gasteiger partial charge in [0.2, 0.25) is 5.76 Å². The Morgan fingerprint density at radius 2 is 2.04 bits per heavy atom. The van der Waals surface area contributed by atoms with Gasteiger partial charge in [0.15, 0.2) is 17.3 Å². The second-order valence-electron chi connectivity index (χ2n) is 6.24. The normalized spacial score (nSPS) is 14.6. The number of anilines is 1. The Bertz CT molecular complexity index is 1150.